The number of nitrogens with zero attached hydrogens (tertiary/aromatic N) is 1. The number of hydrogen-bond acceptors (Lipinski definition) is 16. The first-order chi connectivity index (χ1) is 36.9. The topological polar surface area (TPSA) is 478 Å². The fourth-order valence-corrected chi connectivity index (χ4v) is 8.28. The van der Waals surface area contributed by atoms with Gasteiger partial charge in [-0.2, -0.15) is 0 Å². The molecule has 1 saturated heterocycles. The molecule has 0 radical (unpaired) electrons. The van der Waals surface area contributed by atoms with Gasteiger partial charge in [0.1, 0.15) is 54.4 Å². The highest BCUT2D eigenvalue weighted by atomic mass is 16.4. The van der Waals surface area contributed by atoms with Crippen molar-refractivity contribution in [3.63, 3.8) is 0 Å². The van der Waals surface area contributed by atoms with E-state index in [2.05, 4.69) is 47.9 Å². The van der Waals surface area contributed by atoms with E-state index >= 15 is 0 Å². The molecule has 0 aromatic carbocycles. The number of nitrogens with one attached hydrogen (secondary N) is 9. The molecule has 19 N–H and O–H groups in total. The quantitative estimate of drug-likeness (QED) is 0.0262. The molecule has 0 spiro atoms. The number of carbonyl (C=O) groups is 13. The van der Waals surface area contributed by atoms with E-state index < -0.39 is 156 Å². The highest BCUT2D eigenvalue weighted by Crippen LogP contribution is 2.20. The van der Waals surface area contributed by atoms with Crippen LogP contribution in [-0.2, 0) is 62.3 Å². The molecular formula is C50H88N14O15. The van der Waals surface area contributed by atoms with Crippen LogP contribution in [-0.4, -0.2) is 179 Å². The molecule has 1 aliphatic heterocycles. The number of primary amides is 1. The lowest BCUT2D eigenvalue weighted by Gasteiger charge is -2.30. The van der Waals surface area contributed by atoms with Crippen LogP contribution in [0.15, 0.2) is 0 Å². The van der Waals surface area contributed by atoms with Gasteiger partial charge in [-0.1, -0.05) is 41.5 Å². The highest BCUT2D eigenvalue weighted by molar-refractivity contribution is 5.99. The number of likely N-dealkylation sites (tertiary alicyclic amines) is 1. The van der Waals surface area contributed by atoms with Crippen LogP contribution in [0.1, 0.15) is 132 Å². The number of carboxylic acids is 2. The number of hydrogen-bond donors (Lipinski definition) is 15. The maximum Gasteiger partial charge on any atom is 0.305 e. The molecule has 0 aromatic heterocycles. The molecule has 1 fully saturated rings. The molecule has 448 valence electrons. The van der Waals surface area contributed by atoms with Crippen LogP contribution < -0.4 is 70.8 Å². The average Bonchev–Trinajstić information content (AvgIpc) is 3.87. The smallest absolute Gasteiger partial charge is 0.305 e. The minimum atomic E-state index is -1.78. The van der Waals surface area contributed by atoms with Gasteiger partial charge in [0.2, 0.25) is 65.0 Å². The Morgan fingerprint density at radius 1 is 0.544 bits per heavy atom. The molecule has 0 saturated carbocycles. The van der Waals surface area contributed by atoms with E-state index in [-0.39, 0.29) is 63.5 Å². The molecule has 0 bridgehead atoms. The molecule has 0 unspecified atom stereocenters. The minimum absolute atomic E-state index is 0.0349. The predicted molar refractivity (Wildman–Crippen MR) is 286 cm³/mol. The Bertz CT molecular complexity index is 2130. The van der Waals surface area contributed by atoms with Crippen LogP contribution in [0.4, 0.5) is 0 Å². The molecule has 29 nitrogen and oxygen atoms in total. The van der Waals surface area contributed by atoms with E-state index in [1.165, 1.54) is 18.7 Å². The summed E-state index contributed by atoms with van der Waals surface area (Å²) in [5.74, 6) is -12.8. The fourth-order valence-electron chi connectivity index (χ4n) is 8.28. The number of carboxylic acid groups (broad SMARTS) is 2. The van der Waals surface area contributed by atoms with Gasteiger partial charge in [0, 0.05) is 13.0 Å². The number of unbranched alkanes of at least 4 members (excludes halogenated alkanes) is 2. The van der Waals surface area contributed by atoms with Crippen LogP contribution in [0.25, 0.3) is 0 Å². The van der Waals surface area contributed by atoms with Gasteiger partial charge in [0.05, 0.1) is 19.0 Å². The van der Waals surface area contributed by atoms with E-state index in [1.54, 1.807) is 41.5 Å². The lowest BCUT2D eigenvalue weighted by Crippen LogP contribution is -2.60. The lowest BCUT2D eigenvalue weighted by molar-refractivity contribution is -0.142. The third-order valence-corrected chi connectivity index (χ3v) is 12.8. The zero-order valence-electron chi connectivity index (χ0n) is 46.8. The standard InChI is InChI=1S/C50H88N14O15/c1-25(2)22-33(44(73)55-24-36(65)58-31(14-9-11-19-51)45(74)56-28(7)42(71)59-32(15-10-12-20-52)46(75)62-39(26(3)4)41(54)70)60-43(72)29(8)57-47(76)34(23-38(68)69)61-49(78)40(27(5)6)63-48(77)35-16-13-21-64(35)50(79)30(53)17-18-37(66)67/h25-35,39-40H,9-24,51-53H2,1-8H3,(H2,54,70)(H,55,73)(H,56,74)(H,57,76)(H,58,65)(H,59,71)(H,60,72)(H,61,78)(H,62,75)(H,63,77)(H,66,67)(H,68,69)/t28-,29-,30-,31-,32-,33-,34-,35-,39-,40-/m0/s1. The summed E-state index contributed by atoms with van der Waals surface area (Å²) in [4.78, 5) is 170. The lowest BCUT2D eigenvalue weighted by atomic mass is 10.0. The Morgan fingerprint density at radius 2 is 1.04 bits per heavy atom. The van der Waals surface area contributed by atoms with Crippen LogP contribution in [0, 0.1) is 17.8 Å². The van der Waals surface area contributed by atoms with Crippen molar-refractivity contribution < 1.29 is 72.5 Å². The predicted octanol–water partition coefficient (Wildman–Crippen LogP) is -4.22. The van der Waals surface area contributed by atoms with Crippen LogP contribution in [0.5, 0.6) is 0 Å². The highest BCUT2D eigenvalue weighted by Gasteiger charge is 2.39. The summed E-state index contributed by atoms with van der Waals surface area (Å²) in [6.07, 6.45) is 1.23. The molecular weight excluding hydrogens is 1040 g/mol. The summed E-state index contributed by atoms with van der Waals surface area (Å²) < 4.78 is 0. The van der Waals surface area contributed by atoms with Crippen LogP contribution >= 0.6 is 0 Å². The fraction of sp³-hybridized carbons (Fsp3) is 0.740. The van der Waals surface area contributed by atoms with Crippen molar-refractivity contribution in [2.24, 2.45) is 40.7 Å². The first-order valence-electron chi connectivity index (χ1n) is 26.8. The molecule has 1 aliphatic rings. The third kappa shape index (κ3) is 25.6. The largest absolute Gasteiger partial charge is 0.481 e. The van der Waals surface area contributed by atoms with Gasteiger partial charge < -0.3 is 85.9 Å². The summed E-state index contributed by atoms with van der Waals surface area (Å²) in [6.45, 7) is 12.7. The van der Waals surface area contributed by atoms with Crippen molar-refractivity contribution in [3.05, 3.63) is 0 Å². The molecule has 0 aliphatic carbocycles. The number of rotatable bonds is 37. The molecule has 0 aromatic rings. The average molecular weight is 1130 g/mol. The van der Waals surface area contributed by atoms with Crippen molar-refractivity contribution in [1.82, 2.24) is 52.8 Å². The van der Waals surface area contributed by atoms with Crippen LogP contribution in [0.3, 0.4) is 0 Å². The van der Waals surface area contributed by atoms with Gasteiger partial charge in [-0.3, -0.25) is 62.3 Å². The van der Waals surface area contributed by atoms with E-state index in [9.17, 15) is 67.4 Å². The van der Waals surface area contributed by atoms with Crippen molar-refractivity contribution >= 4 is 76.9 Å². The van der Waals surface area contributed by atoms with E-state index in [4.69, 9.17) is 28.0 Å². The van der Waals surface area contributed by atoms with Gasteiger partial charge in [0.15, 0.2) is 0 Å². The second kappa shape index (κ2) is 35.5. The molecule has 10 atom stereocenters. The summed E-state index contributed by atoms with van der Waals surface area (Å²) in [5, 5.41) is 41.1. The second-order valence-electron chi connectivity index (χ2n) is 20.9. The Morgan fingerprint density at radius 3 is 1.52 bits per heavy atom. The summed E-state index contributed by atoms with van der Waals surface area (Å²) in [7, 11) is 0. The van der Waals surface area contributed by atoms with Crippen molar-refractivity contribution in [3.8, 4) is 0 Å². The first kappa shape index (κ1) is 70.0. The van der Waals surface area contributed by atoms with Gasteiger partial charge in [-0.05, 0) is 109 Å². The van der Waals surface area contributed by atoms with Crippen molar-refractivity contribution in [2.45, 2.75) is 193 Å². The maximum absolute atomic E-state index is 13.6. The monoisotopic (exact) mass is 1120 g/mol. The van der Waals surface area contributed by atoms with E-state index in [1.807, 2.05) is 0 Å². The Hall–Kier alpha value is -7.01. The van der Waals surface area contributed by atoms with E-state index in [0.717, 1.165) is 0 Å². The summed E-state index contributed by atoms with van der Waals surface area (Å²) in [6, 6.07) is -12.7. The van der Waals surface area contributed by atoms with Gasteiger partial charge in [-0.15, -0.1) is 0 Å². The maximum atomic E-state index is 13.6. The Balaban J connectivity index is 3.09. The van der Waals surface area contributed by atoms with Gasteiger partial charge >= 0.3 is 11.9 Å². The normalized spacial score (nSPS) is 16.6. The van der Waals surface area contributed by atoms with Gasteiger partial charge in [-0.25, -0.2) is 0 Å². The third-order valence-electron chi connectivity index (χ3n) is 12.8. The molecule has 1 rings (SSSR count). The number of nitrogens with two attached hydrogens (primary N) is 4. The zero-order valence-corrected chi connectivity index (χ0v) is 46.8. The Labute approximate surface area is 460 Å². The second-order valence-corrected chi connectivity index (χ2v) is 20.9. The molecule has 79 heavy (non-hydrogen) atoms. The number of amides is 11. The van der Waals surface area contributed by atoms with E-state index in [0.29, 0.717) is 38.6 Å². The Kier molecular flexibility index (Phi) is 31.4. The van der Waals surface area contributed by atoms with Crippen molar-refractivity contribution in [1.29, 1.82) is 0 Å². The SMILES string of the molecule is CC(C)C[C@H](NC(=O)[C@H](C)NC(=O)[C@H](CC(=O)O)NC(=O)[C@@H](NC(=O)[C@@H]1CCCN1C(=O)[C@@H](N)CCC(=O)O)C(C)C)C(=O)NCC(=O)N[C@@H](CCCCN)C(=O)N[C@@H](C)C(=O)N[C@@H](CCCCN)C(=O)N[C@H](C(N)=O)C(C)C. The zero-order chi connectivity index (χ0) is 60.3. The molecule has 1 heterocycles. The molecule has 29 heteroatoms. The first-order valence-corrected chi connectivity index (χ1v) is 26.8. The summed E-state index contributed by atoms with van der Waals surface area (Å²) >= 11 is 0. The van der Waals surface area contributed by atoms with Crippen molar-refractivity contribution in [2.75, 3.05) is 26.2 Å². The van der Waals surface area contributed by atoms with Gasteiger partial charge in [0.25, 0.3) is 0 Å². The molecule has 11 amide bonds. The number of carbonyl (C=O) groups excluding carboxylic acids is 11. The number of aliphatic carboxylic acids is 2. The van der Waals surface area contributed by atoms with Crippen LogP contribution in [0.2, 0.25) is 0 Å². The summed E-state index contributed by atoms with van der Waals surface area (Å²) in [5.41, 5.74) is 22.7. The minimum Gasteiger partial charge on any atom is -0.481 e.